The molecule has 0 saturated carbocycles. The zero-order valence-electron chi connectivity index (χ0n) is 40.2. The monoisotopic (exact) mass is 947 g/mol. The number of aromatic nitrogens is 6. The van der Waals surface area contributed by atoms with Gasteiger partial charge in [0.15, 0.2) is 0 Å². The van der Waals surface area contributed by atoms with Gasteiger partial charge in [-0.05, 0) is 128 Å². The third kappa shape index (κ3) is 5.42. The van der Waals surface area contributed by atoms with Crippen LogP contribution >= 0.6 is 0 Å². The number of fused-ring (bicyclic) bond motifs is 17. The molecule has 2 atom stereocenters. The van der Waals surface area contributed by atoms with E-state index in [-0.39, 0.29) is 12.0 Å². The second-order valence-electron chi connectivity index (χ2n) is 20.2. The van der Waals surface area contributed by atoms with E-state index in [9.17, 15) is 0 Å². The van der Waals surface area contributed by atoms with Crippen molar-refractivity contribution in [3.8, 4) is 17.1 Å². The molecule has 7 heteroatoms. The van der Waals surface area contributed by atoms with Gasteiger partial charge in [0, 0.05) is 72.4 Å². The Morgan fingerprint density at radius 1 is 0.392 bits per heavy atom. The van der Waals surface area contributed by atoms with Crippen LogP contribution in [-0.4, -0.2) is 33.7 Å². The first-order valence-electron chi connectivity index (χ1n) is 25.9. The van der Waals surface area contributed by atoms with Gasteiger partial charge in [-0.3, -0.25) is 8.97 Å². The quantitative estimate of drug-likeness (QED) is 0.172. The number of hydrogen-bond acceptors (Lipinski definition) is 2. The van der Waals surface area contributed by atoms with E-state index in [0.717, 1.165) is 69.0 Å². The fourth-order valence-electron chi connectivity index (χ4n) is 13.3. The molecule has 0 N–H and O–H groups in total. The number of rotatable bonds is 5. The first-order chi connectivity index (χ1) is 36.7. The van der Waals surface area contributed by atoms with Crippen LogP contribution < -0.4 is 4.90 Å². The van der Waals surface area contributed by atoms with E-state index in [1.807, 2.05) is 0 Å². The van der Waals surface area contributed by atoms with E-state index in [0.29, 0.717) is 0 Å². The van der Waals surface area contributed by atoms with Gasteiger partial charge in [-0.1, -0.05) is 127 Å². The van der Waals surface area contributed by atoms with Crippen molar-refractivity contribution in [1.82, 2.24) is 27.7 Å². The number of benzene rings is 9. The van der Waals surface area contributed by atoms with Crippen molar-refractivity contribution in [2.24, 2.45) is 0 Å². The lowest BCUT2D eigenvalue weighted by atomic mass is 9.91. The van der Waals surface area contributed by atoms with E-state index in [4.69, 9.17) is 4.98 Å². The summed E-state index contributed by atoms with van der Waals surface area (Å²) in [5.41, 5.74) is 19.8. The first-order valence-corrected chi connectivity index (χ1v) is 25.9. The van der Waals surface area contributed by atoms with Crippen LogP contribution in [0, 0.1) is 0 Å². The van der Waals surface area contributed by atoms with Gasteiger partial charge < -0.3 is 18.6 Å². The maximum Gasteiger partial charge on any atom is 0.220 e. The Morgan fingerprint density at radius 2 is 0.905 bits per heavy atom. The Balaban J connectivity index is 0.852. The standard InChI is InChI=1S/C67H45N7/c1-2-16-42(17-3-1)73-64-37-33-46(72-61-29-15-9-23-52(61)54-39-44(32-36-63(54)72)70-58-26-12-6-20-49(58)50-21-7-13-27-59(50)70)41-66(64)74-65-40-45(30-34-55(65)68-67(73)74)71-60-28-14-8-22-51(60)53-38-43(31-35-62(53)71)69-56-24-10-4-18-47(56)48-19-5-11-25-57(48)69/h2,4-41,52,61H,1,3H2. The van der Waals surface area contributed by atoms with Gasteiger partial charge in [0.2, 0.25) is 5.78 Å². The highest BCUT2D eigenvalue weighted by molar-refractivity contribution is 6.13. The maximum atomic E-state index is 5.47. The summed E-state index contributed by atoms with van der Waals surface area (Å²) in [5, 5.41) is 7.51. The number of anilines is 2. The van der Waals surface area contributed by atoms with Crippen molar-refractivity contribution in [2.75, 3.05) is 4.90 Å². The van der Waals surface area contributed by atoms with Crippen LogP contribution in [0.4, 0.5) is 11.4 Å². The highest BCUT2D eigenvalue weighted by atomic mass is 15.2. The molecule has 5 aromatic heterocycles. The number of hydrogen-bond donors (Lipinski definition) is 0. The van der Waals surface area contributed by atoms with Crippen molar-refractivity contribution in [3.63, 3.8) is 0 Å². The SMILES string of the molecule is C1=CC2c3cc(-n4c5ccccc5c5ccccc54)ccc3N(c3ccc4c(c3)n3c5cc(-n6c7ccccc7c7cc(-n8c9ccccc9c9ccccc98)ccc76)ccc5nc3n4C3=CCCC=C3)C2C=C1. The van der Waals surface area contributed by atoms with Crippen LogP contribution in [0.1, 0.15) is 24.3 Å². The molecule has 0 bridgehead atoms. The van der Waals surface area contributed by atoms with Crippen molar-refractivity contribution in [2.45, 2.75) is 24.8 Å². The molecular weight excluding hydrogens is 903 g/mol. The van der Waals surface area contributed by atoms with Gasteiger partial charge in [0.1, 0.15) is 0 Å². The van der Waals surface area contributed by atoms with E-state index >= 15 is 0 Å². The molecule has 0 radical (unpaired) electrons. The van der Waals surface area contributed by atoms with Crippen LogP contribution in [0.5, 0.6) is 0 Å². The minimum Gasteiger partial charge on any atom is -0.333 e. The molecule has 7 nitrogen and oxygen atoms in total. The highest BCUT2D eigenvalue weighted by Gasteiger charge is 2.38. The minimum atomic E-state index is 0.124. The number of nitrogens with zero attached hydrogens (tertiary/aromatic N) is 7. The Kier molecular flexibility index (Phi) is 8.11. The van der Waals surface area contributed by atoms with E-state index in [2.05, 4.69) is 264 Å². The van der Waals surface area contributed by atoms with Crippen molar-refractivity contribution >= 4 is 110 Å². The molecule has 14 aromatic rings. The molecule has 17 rings (SSSR count). The molecule has 6 heterocycles. The van der Waals surface area contributed by atoms with Crippen LogP contribution in [-0.2, 0) is 0 Å². The topological polar surface area (TPSA) is 40.3 Å². The molecule has 2 aliphatic carbocycles. The fourth-order valence-corrected chi connectivity index (χ4v) is 13.3. The summed E-state index contributed by atoms with van der Waals surface area (Å²) in [5.74, 6) is 1.11. The molecule has 0 fully saturated rings. The average molecular weight is 948 g/mol. The van der Waals surface area contributed by atoms with Gasteiger partial charge in [-0.2, -0.15) is 0 Å². The van der Waals surface area contributed by atoms with E-state index in [1.54, 1.807) is 0 Å². The van der Waals surface area contributed by atoms with Gasteiger partial charge in [0.05, 0.1) is 61.2 Å². The van der Waals surface area contributed by atoms with Gasteiger partial charge >= 0.3 is 0 Å². The molecule has 0 spiro atoms. The molecule has 74 heavy (non-hydrogen) atoms. The number of imidazole rings is 2. The molecule has 9 aromatic carbocycles. The van der Waals surface area contributed by atoms with Gasteiger partial charge in [-0.15, -0.1) is 0 Å². The zero-order chi connectivity index (χ0) is 48.2. The largest absolute Gasteiger partial charge is 0.333 e. The zero-order valence-corrected chi connectivity index (χ0v) is 40.2. The average Bonchev–Trinajstić information content (AvgIpc) is 4.35. The smallest absolute Gasteiger partial charge is 0.220 e. The Labute approximate surface area is 424 Å². The lowest BCUT2D eigenvalue weighted by molar-refractivity contribution is 0.745. The summed E-state index contributed by atoms with van der Waals surface area (Å²) in [6, 6.07) is 72.0. The Morgan fingerprint density at radius 3 is 1.54 bits per heavy atom. The Hall–Kier alpha value is -9.59. The Bertz CT molecular complexity index is 4780. The maximum absolute atomic E-state index is 5.47. The molecular formula is C67H45N7. The summed E-state index contributed by atoms with van der Waals surface area (Å²) >= 11 is 0. The van der Waals surface area contributed by atoms with Crippen LogP contribution in [0.2, 0.25) is 0 Å². The molecule has 1 aliphatic heterocycles. The van der Waals surface area contributed by atoms with Crippen molar-refractivity contribution < 1.29 is 0 Å². The number of para-hydroxylation sites is 5. The second-order valence-corrected chi connectivity index (χ2v) is 20.2. The van der Waals surface area contributed by atoms with Gasteiger partial charge in [-0.25, -0.2) is 4.98 Å². The minimum absolute atomic E-state index is 0.124. The summed E-state index contributed by atoms with van der Waals surface area (Å²) in [4.78, 5) is 8.04. The van der Waals surface area contributed by atoms with Crippen molar-refractivity contribution in [3.05, 3.63) is 242 Å². The van der Waals surface area contributed by atoms with Crippen LogP contribution in [0.3, 0.4) is 0 Å². The lowest BCUT2D eigenvalue weighted by Gasteiger charge is -2.28. The first kappa shape index (κ1) is 40.1. The predicted molar refractivity (Wildman–Crippen MR) is 307 cm³/mol. The molecule has 0 saturated heterocycles. The molecule has 3 aliphatic rings. The lowest BCUT2D eigenvalue weighted by Crippen LogP contribution is -2.28. The van der Waals surface area contributed by atoms with Crippen LogP contribution in [0.25, 0.3) is 116 Å². The molecule has 0 amide bonds. The highest BCUT2D eigenvalue weighted by Crippen LogP contribution is 2.50. The normalized spacial score (nSPS) is 16.4. The van der Waals surface area contributed by atoms with Gasteiger partial charge in [0.25, 0.3) is 0 Å². The summed E-state index contributed by atoms with van der Waals surface area (Å²) < 4.78 is 12.1. The third-order valence-electron chi connectivity index (χ3n) is 16.4. The van der Waals surface area contributed by atoms with E-state index < -0.39 is 0 Å². The van der Waals surface area contributed by atoms with Crippen molar-refractivity contribution in [1.29, 1.82) is 0 Å². The van der Waals surface area contributed by atoms with Crippen LogP contribution in [0.15, 0.2) is 237 Å². The summed E-state index contributed by atoms with van der Waals surface area (Å²) in [6.45, 7) is 0. The van der Waals surface area contributed by atoms with E-state index in [1.165, 1.54) is 76.8 Å². The summed E-state index contributed by atoms with van der Waals surface area (Å²) in [6.07, 6.45) is 18.2. The second kappa shape index (κ2) is 15.0. The predicted octanol–water partition coefficient (Wildman–Crippen LogP) is 16.7. The fraction of sp³-hybridized carbons (Fsp3) is 0.0597. The molecule has 2 unspecified atom stereocenters. The molecule has 348 valence electrons. The summed E-state index contributed by atoms with van der Waals surface area (Å²) in [7, 11) is 0. The number of allylic oxidation sites excluding steroid dienone is 6. The third-order valence-corrected chi connectivity index (χ3v) is 16.4.